The van der Waals surface area contributed by atoms with Crippen LogP contribution in [-0.4, -0.2) is 15.5 Å². The number of hydrogen-bond acceptors (Lipinski definition) is 3. The van der Waals surface area contributed by atoms with Gasteiger partial charge in [-0.25, -0.2) is 8.42 Å². The monoisotopic (exact) mass is 354 g/mol. The highest BCUT2D eigenvalue weighted by molar-refractivity contribution is 9.10. The summed E-state index contributed by atoms with van der Waals surface area (Å²) in [6, 6.07) is 13.8. The number of nitrogens with one attached hydrogen (secondary N) is 2. The molecule has 0 spiro atoms. The molecular formula is C14H15BrN2O2S. The van der Waals surface area contributed by atoms with Gasteiger partial charge in [-0.2, -0.15) is 0 Å². The fraction of sp³-hybridized carbons (Fsp3) is 0.143. The maximum absolute atomic E-state index is 12.2. The Bertz CT molecular complexity index is 685. The molecule has 0 bridgehead atoms. The summed E-state index contributed by atoms with van der Waals surface area (Å²) in [6.45, 7) is 0.708. The van der Waals surface area contributed by atoms with Crippen LogP contribution in [0.3, 0.4) is 0 Å². The molecule has 6 heteroatoms. The van der Waals surface area contributed by atoms with E-state index in [2.05, 4.69) is 26.0 Å². The quantitative estimate of drug-likeness (QED) is 0.867. The van der Waals surface area contributed by atoms with E-state index >= 15 is 0 Å². The van der Waals surface area contributed by atoms with Gasteiger partial charge in [0.1, 0.15) is 0 Å². The summed E-state index contributed by atoms with van der Waals surface area (Å²) in [4.78, 5) is 0.248. The number of hydrogen-bond donors (Lipinski definition) is 2. The average molecular weight is 355 g/mol. The lowest BCUT2D eigenvalue weighted by Gasteiger charge is -2.09. The van der Waals surface area contributed by atoms with Crippen LogP contribution in [-0.2, 0) is 16.6 Å². The van der Waals surface area contributed by atoms with Gasteiger partial charge < -0.3 is 5.32 Å². The van der Waals surface area contributed by atoms with Crippen LogP contribution in [0.15, 0.2) is 57.9 Å². The molecule has 20 heavy (non-hydrogen) atoms. The van der Waals surface area contributed by atoms with Crippen LogP contribution < -0.4 is 10.0 Å². The second-order valence-electron chi connectivity index (χ2n) is 4.29. The molecule has 2 aromatic carbocycles. The molecule has 0 radical (unpaired) electrons. The SMILES string of the molecule is CNCc1ccc(S(=O)(=O)Nc2cccc(Br)c2)cc1. The van der Waals surface area contributed by atoms with Crippen LogP contribution >= 0.6 is 15.9 Å². The van der Waals surface area contributed by atoms with Crippen molar-refractivity contribution in [3.63, 3.8) is 0 Å². The third kappa shape index (κ3) is 3.82. The highest BCUT2D eigenvalue weighted by atomic mass is 79.9. The van der Waals surface area contributed by atoms with E-state index in [0.29, 0.717) is 12.2 Å². The number of sulfonamides is 1. The Balaban J connectivity index is 2.21. The van der Waals surface area contributed by atoms with Gasteiger partial charge in [-0.05, 0) is 42.9 Å². The fourth-order valence-corrected chi connectivity index (χ4v) is 3.21. The van der Waals surface area contributed by atoms with Gasteiger partial charge in [0.15, 0.2) is 0 Å². The minimum Gasteiger partial charge on any atom is -0.316 e. The topological polar surface area (TPSA) is 58.2 Å². The third-order valence-corrected chi connectivity index (χ3v) is 4.58. The molecule has 0 atom stereocenters. The predicted octanol–water partition coefficient (Wildman–Crippen LogP) is 2.97. The van der Waals surface area contributed by atoms with E-state index in [4.69, 9.17) is 0 Å². The summed E-state index contributed by atoms with van der Waals surface area (Å²) in [6.07, 6.45) is 0. The first-order chi connectivity index (χ1) is 9.51. The highest BCUT2D eigenvalue weighted by Crippen LogP contribution is 2.20. The summed E-state index contributed by atoms with van der Waals surface area (Å²) >= 11 is 3.31. The van der Waals surface area contributed by atoms with Crippen molar-refractivity contribution in [2.45, 2.75) is 11.4 Å². The zero-order valence-corrected chi connectivity index (χ0v) is 13.3. The Kier molecular flexibility index (Phi) is 4.80. The molecule has 2 N–H and O–H groups in total. The Morgan fingerprint density at radius 3 is 2.40 bits per heavy atom. The molecule has 0 unspecified atom stereocenters. The Morgan fingerprint density at radius 1 is 1.10 bits per heavy atom. The Labute approximate surface area is 127 Å². The summed E-state index contributed by atoms with van der Waals surface area (Å²) < 4.78 is 27.9. The van der Waals surface area contributed by atoms with E-state index in [1.54, 1.807) is 42.5 Å². The molecule has 0 aromatic heterocycles. The van der Waals surface area contributed by atoms with Gasteiger partial charge in [-0.3, -0.25) is 4.72 Å². The molecule has 0 aliphatic rings. The van der Waals surface area contributed by atoms with Crippen LogP contribution in [0.4, 0.5) is 5.69 Å². The molecule has 0 aliphatic heterocycles. The molecular weight excluding hydrogens is 340 g/mol. The van der Waals surface area contributed by atoms with Gasteiger partial charge in [-0.15, -0.1) is 0 Å². The molecule has 106 valence electrons. The van der Waals surface area contributed by atoms with Crippen molar-refractivity contribution in [1.82, 2.24) is 5.32 Å². The smallest absolute Gasteiger partial charge is 0.261 e. The van der Waals surface area contributed by atoms with Gasteiger partial charge in [0, 0.05) is 16.7 Å². The Morgan fingerprint density at radius 2 is 1.80 bits per heavy atom. The molecule has 0 heterocycles. The van der Waals surface area contributed by atoms with E-state index in [1.165, 1.54) is 0 Å². The van der Waals surface area contributed by atoms with Crippen LogP contribution in [0.1, 0.15) is 5.56 Å². The number of rotatable bonds is 5. The molecule has 2 rings (SSSR count). The first-order valence-electron chi connectivity index (χ1n) is 6.03. The van der Waals surface area contributed by atoms with Crippen molar-refractivity contribution >= 4 is 31.6 Å². The summed E-state index contributed by atoms with van der Waals surface area (Å²) in [5.74, 6) is 0. The second-order valence-corrected chi connectivity index (χ2v) is 6.89. The zero-order valence-electron chi connectivity index (χ0n) is 10.9. The van der Waals surface area contributed by atoms with Crippen molar-refractivity contribution in [1.29, 1.82) is 0 Å². The minimum absolute atomic E-state index is 0.248. The molecule has 0 amide bonds. The fourth-order valence-electron chi connectivity index (χ4n) is 1.76. The van der Waals surface area contributed by atoms with Gasteiger partial charge in [0.2, 0.25) is 0 Å². The van der Waals surface area contributed by atoms with E-state index in [0.717, 1.165) is 10.0 Å². The van der Waals surface area contributed by atoms with E-state index < -0.39 is 10.0 Å². The lowest BCUT2D eigenvalue weighted by molar-refractivity contribution is 0.601. The number of anilines is 1. The normalized spacial score (nSPS) is 11.3. The third-order valence-electron chi connectivity index (χ3n) is 2.69. The zero-order chi connectivity index (χ0) is 14.6. The first kappa shape index (κ1) is 15.0. The molecule has 2 aromatic rings. The summed E-state index contributed by atoms with van der Waals surface area (Å²) in [7, 11) is -1.71. The van der Waals surface area contributed by atoms with Crippen molar-refractivity contribution in [2.24, 2.45) is 0 Å². The second kappa shape index (κ2) is 6.39. The molecule has 0 saturated heterocycles. The molecule has 4 nitrogen and oxygen atoms in total. The van der Waals surface area contributed by atoms with Crippen LogP contribution in [0.2, 0.25) is 0 Å². The van der Waals surface area contributed by atoms with Crippen LogP contribution in [0.5, 0.6) is 0 Å². The largest absolute Gasteiger partial charge is 0.316 e. The summed E-state index contributed by atoms with van der Waals surface area (Å²) in [5, 5.41) is 3.02. The van der Waals surface area contributed by atoms with E-state index in [9.17, 15) is 8.42 Å². The van der Waals surface area contributed by atoms with E-state index in [-0.39, 0.29) is 4.90 Å². The lowest BCUT2D eigenvalue weighted by atomic mass is 10.2. The van der Waals surface area contributed by atoms with Gasteiger partial charge in [0.05, 0.1) is 4.90 Å². The maximum Gasteiger partial charge on any atom is 0.261 e. The molecule has 0 saturated carbocycles. The summed E-state index contributed by atoms with van der Waals surface area (Å²) in [5.41, 5.74) is 1.56. The van der Waals surface area contributed by atoms with Crippen molar-refractivity contribution in [3.8, 4) is 0 Å². The van der Waals surface area contributed by atoms with Crippen LogP contribution in [0, 0.1) is 0 Å². The minimum atomic E-state index is -3.55. The van der Waals surface area contributed by atoms with Gasteiger partial charge >= 0.3 is 0 Å². The number of halogens is 1. The standard InChI is InChI=1S/C14H15BrN2O2S/c1-16-10-11-5-7-14(8-6-11)20(18,19)17-13-4-2-3-12(15)9-13/h2-9,16-17H,10H2,1H3. The molecule has 0 aliphatic carbocycles. The van der Waals surface area contributed by atoms with Gasteiger partial charge in [-0.1, -0.05) is 34.1 Å². The predicted molar refractivity (Wildman–Crippen MR) is 84.2 cm³/mol. The average Bonchev–Trinajstić information content (AvgIpc) is 2.39. The van der Waals surface area contributed by atoms with Crippen molar-refractivity contribution in [2.75, 3.05) is 11.8 Å². The van der Waals surface area contributed by atoms with Crippen LogP contribution in [0.25, 0.3) is 0 Å². The first-order valence-corrected chi connectivity index (χ1v) is 8.31. The van der Waals surface area contributed by atoms with Crippen molar-refractivity contribution in [3.05, 3.63) is 58.6 Å². The van der Waals surface area contributed by atoms with Crippen molar-refractivity contribution < 1.29 is 8.42 Å². The maximum atomic E-state index is 12.2. The number of benzene rings is 2. The molecule has 0 fully saturated rings. The highest BCUT2D eigenvalue weighted by Gasteiger charge is 2.13. The van der Waals surface area contributed by atoms with Gasteiger partial charge in [0.25, 0.3) is 10.0 Å². The van der Waals surface area contributed by atoms with E-state index in [1.807, 2.05) is 13.1 Å². The lowest BCUT2D eigenvalue weighted by Crippen LogP contribution is -2.13. The Hall–Kier alpha value is -1.37.